The number of hydrogen-bond acceptors (Lipinski definition) is 4. The monoisotopic (exact) mass is 275 g/mol. The van der Waals surface area contributed by atoms with Gasteiger partial charge in [-0.1, -0.05) is 12.1 Å². The third kappa shape index (κ3) is 2.43. The second-order valence-corrected chi connectivity index (χ2v) is 5.73. The molecule has 1 atom stereocenters. The van der Waals surface area contributed by atoms with Crippen molar-refractivity contribution in [1.29, 1.82) is 0 Å². The topological polar surface area (TPSA) is 63.7 Å². The molecule has 1 heterocycles. The predicted molar refractivity (Wildman–Crippen MR) is 73.6 cm³/mol. The normalized spacial score (nSPS) is 16.1. The minimum Gasteiger partial charge on any atom is -0.458 e. The fraction of sp³-hybridized carbons (Fsp3) is 0.400. The van der Waals surface area contributed by atoms with Gasteiger partial charge in [0.2, 0.25) is 0 Å². The molecule has 0 bridgehead atoms. The third-order valence-electron chi connectivity index (χ3n) is 2.96. The first kappa shape index (κ1) is 14.2. The Morgan fingerprint density at radius 2 is 1.80 bits per heavy atom. The Morgan fingerprint density at radius 3 is 2.40 bits per heavy atom. The number of para-hydroxylation sites is 1. The van der Waals surface area contributed by atoms with E-state index >= 15 is 0 Å². The van der Waals surface area contributed by atoms with Crippen molar-refractivity contribution >= 4 is 23.3 Å². The van der Waals surface area contributed by atoms with Gasteiger partial charge in [0.1, 0.15) is 11.6 Å². The Hall–Kier alpha value is -2.17. The van der Waals surface area contributed by atoms with Crippen LogP contribution < -0.4 is 4.90 Å². The maximum Gasteiger partial charge on any atom is 0.329 e. The summed E-state index contributed by atoms with van der Waals surface area (Å²) >= 11 is 0. The van der Waals surface area contributed by atoms with Gasteiger partial charge in [-0.25, -0.2) is 4.79 Å². The van der Waals surface area contributed by atoms with Crippen LogP contribution >= 0.6 is 0 Å². The number of rotatable bonds is 2. The molecule has 1 aliphatic rings. The fourth-order valence-electron chi connectivity index (χ4n) is 2.09. The Labute approximate surface area is 117 Å². The summed E-state index contributed by atoms with van der Waals surface area (Å²) in [6, 6.07) is 5.80. The van der Waals surface area contributed by atoms with Gasteiger partial charge in [0, 0.05) is 0 Å². The summed E-state index contributed by atoms with van der Waals surface area (Å²) in [5, 5.41) is 0. The van der Waals surface area contributed by atoms with Gasteiger partial charge in [-0.15, -0.1) is 0 Å². The minimum atomic E-state index is -0.839. The Bertz CT molecular complexity index is 586. The summed E-state index contributed by atoms with van der Waals surface area (Å²) < 4.78 is 5.27. The largest absolute Gasteiger partial charge is 0.458 e. The molecule has 20 heavy (non-hydrogen) atoms. The zero-order valence-electron chi connectivity index (χ0n) is 12.0. The van der Waals surface area contributed by atoms with Crippen molar-refractivity contribution in [3.8, 4) is 0 Å². The molecule has 1 aliphatic heterocycles. The molecule has 0 aliphatic carbocycles. The lowest BCUT2D eigenvalue weighted by Crippen LogP contribution is -2.45. The minimum absolute atomic E-state index is 0.327. The lowest BCUT2D eigenvalue weighted by atomic mass is 10.1. The number of benzene rings is 1. The summed E-state index contributed by atoms with van der Waals surface area (Å²) in [5.74, 6) is -1.81. The van der Waals surface area contributed by atoms with E-state index in [-0.39, 0.29) is 0 Å². The van der Waals surface area contributed by atoms with E-state index in [0.717, 1.165) is 0 Å². The molecule has 0 radical (unpaired) electrons. The second-order valence-electron chi connectivity index (χ2n) is 5.73. The molecule has 0 aromatic heterocycles. The molecule has 1 amide bonds. The van der Waals surface area contributed by atoms with Crippen molar-refractivity contribution in [2.75, 3.05) is 4.90 Å². The molecule has 0 saturated heterocycles. The number of anilines is 1. The molecule has 0 fully saturated rings. The number of ketones is 1. The third-order valence-corrected chi connectivity index (χ3v) is 2.96. The van der Waals surface area contributed by atoms with Crippen molar-refractivity contribution in [3.63, 3.8) is 0 Å². The van der Waals surface area contributed by atoms with Crippen molar-refractivity contribution in [2.45, 2.75) is 39.3 Å². The van der Waals surface area contributed by atoms with Gasteiger partial charge in [0.25, 0.3) is 11.7 Å². The molecule has 5 nitrogen and oxygen atoms in total. The van der Waals surface area contributed by atoms with E-state index in [1.807, 2.05) is 0 Å². The maximum atomic E-state index is 12.1. The van der Waals surface area contributed by atoms with Crippen LogP contribution in [0.3, 0.4) is 0 Å². The van der Waals surface area contributed by atoms with Crippen LogP contribution in [0.4, 0.5) is 5.69 Å². The quantitative estimate of drug-likeness (QED) is 0.611. The number of ether oxygens (including phenoxy) is 1. The molecule has 0 unspecified atom stereocenters. The van der Waals surface area contributed by atoms with Crippen LogP contribution in [0.5, 0.6) is 0 Å². The molecule has 106 valence electrons. The highest BCUT2D eigenvalue weighted by Crippen LogP contribution is 2.30. The molecular formula is C15H17NO4. The molecule has 1 aromatic rings. The van der Waals surface area contributed by atoms with Crippen molar-refractivity contribution in [1.82, 2.24) is 0 Å². The van der Waals surface area contributed by atoms with Crippen molar-refractivity contribution in [3.05, 3.63) is 29.8 Å². The summed E-state index contributed by atoms with van der Waals surface area (Å²) in [6.45, 7) is 6.81. The van der Waals surface area contributed by atoms with Crippen LogP contribution in [0.15, 0.2) is 24.3 Å². The fourth-order valence-corrected chi connectivity index (χ4v) is 2.09. The zero-order valence-corrected chi connectivity index (χ0v) is 12.0. The highest BCUT2D eigenvalue weighted by Gasteiger charge is 2.41. The first-order chi connectivity index (χ1) is 9.22. The summed E-state index contributed by atoms with van der Waals surface area (Å²) in [6.07, 6.45) is 0. The molecule has 1 aromatic carbocycles. The van der Waals surface area contributed by atoms with Gasteiger partial charge in [-0.05, 0) is 39.8 Å². The van der Waals surface area contributed by atoms with Crippen LogP contribution in [-0.4, -0.2) is 29.3 Å². The number of amides is 1. The molecule has 0 N–H and O–H groups in total. The van der Waals surface area contributed by atoms with Gasteiger partial charge in [-0.2, -0.15) is 0 Å². The van der Waals surface area contributed by atoms with Crippen LogP contribution in [0, 0.1) is 0 Å². The van der Waals surface area contributed by atoms with Gasteiger partial charge >= 0.3 is 5.97 Å². The van der Waals surface area contributed by atoms with Gasteiger partial charge in [-0.3, -0.25) is 14.5 Å². The molecule has 2 rings (SSSR count). The standard InChI is InChI=1S/C15H17NO4/c1-9(14(19)20-15(2,3)4)16-11-8-6-5-7-10(11)12(17)13(16)18/h5-9H,1-4H3/t9-/m1/s1. The molecule has 5 heteroatoms. The van der Waals surface area contributed by atoms with E-state index in [4.69, 9.17) is 4.74 Å². The smallest absolute Gasteiger partial charge is 0.329 e. The van der Waals surface area contributed by atoms with Gasteiger partial charge < -0.3 is 4.74 Å². The second kappa shape index (κ2) is 4.74. The van der Waals surface area contributed by atoms with E-state index in [1.54, 1.807) is 52.0 Å². The number of carbonyl (C=O) groups excluding carboxylic acids is 3. The Balaban J connectivity index is 2.31. The van der Waals surface area contributed by atoms with E-state index in [1.165, 1.54) is 4.90 Å². The molecule has 0 saturated carbocycles. The lowest BCUT2D eigenvalue weighted by molar-refractivity contribution is -0.156. The van der Waals surface area contributed by atoms with E-state index in [0.29, 0.717) is 11.3 Å². The number of fused-ring (bicyclic) bond motifs is 1. The van der Waals surface area contributed by atoms with Crippen LogP contribution in [-0.2, 0) is 14.3 Å². The van der Waals surface area contributed by atoms with Gasteiger partial charge in [0.05, 0.1) is 11.3 Å². The number of carbonyl (C=O) groups is 3. The van der Waals surface area contributed by atoms with Crippen molar-refractivity contribution in [2.24, 2.45) is 0 Å². The highest BCUT2D eigenvalue weighted by atomic mass is 16.6. The van der Waals surface area contributed by atoms with Crippen molar-refractivity contribution < 1.29 is 19.1 Å². The lowest BCUT2D eigenvalue weighted by Gasteiger charge is -2.27. The Kier molecular flexibility index (Phi) is 3.38. The summed E-state index contributed by atoms with van der Waals surface area (Å²) in [5.41, 5.74) is 0.145. The average Bonchev–Trinajstić information content (AvgIpc) is 2.60. The SMILES string of the molecule is C[C@H](C(=O)OC(C)(C)C)N1C(=O)C(=O)c2ccccc21. The van der Waals surface area contributed by atoms with Crippen LogP contribution in [0.25, 0.3) is 0 Å². The maximum absolute atomic E-state index is 12.1. The molecular weight excluding hydrogens is 258 g/mol. The first-order valence-corrected chi connectivity index (χ1v) is 6.42. The van der Waals surface area contributed by atoms with E-state index < -0.39 is 29.3 Å². The first-order valence-electron chi connectivity index (χ1n) is 6.42. The van der Waals surface area contributed by atoms with E-state index in [2.05, 4.69) is 0 Å². The number of Topliss-reactive ketones (excluding diaryl/α,β-unsaturated/α-hetero) is 1. The Morgan fingerprint density at radius 1 is 1.20 bits per heavy atom. The number of esters is 1. The average molecular weight is 275 g/mol. The predicted octanol–water partition coefficient (Wildman–Crippen LogP) is 1.95. The number of nitrogens with zero attached hydrogens (tertiary/aromatic N) is 1. The number of hydrogen-bond donors (Lipinski definition) is 0. The van der Waals surface area contributed by atoms with E-state index in [9.17, 15) is 14.4 Å². The highest BCUT2D eigenvalue weighted by molar-refractivity contribution is 6.52. The molecule has 0 spiro atoms. The zero-order chi connectivity index (χ0) is 15.1. The van der Waals surface area contributed by atoms with Gasteiger partial charge in [0.15, 0.2) is 0 Å². The summed E-state index contributed by atoms with van der Waals surface area (Å²) in [4.78, 5) is 37.2. The summed E-state index contributed by atoms with van der Waals surface area (Å²) in [7, 11) is 0. The van der Waals surface area contributed by atoms with Crippen LogP contribution in [0.1, 0.15) is 38.1 Å². The van der Waals surface area contributed by atoms with Crippen LogP contribution in [0.2, 0.25) is 0 Å².